The molecule has 38 valence electrons. The second-order valence-electron chi connectivity index (χ2n) is 0.869. The van der Waals surface area contributed by atoms with Crippen molar-refractivity contribution in [1.82, 2.24) is 0 Å². The van der Waals surface area contributed by atoms with E-state index in [1.54, 1.807) is 0 Å². The zero-order valence-corrected chi connectivity index (χ0v) is 7.38. The molecule has 0 bridgehead atoms. The van der Waals surface area contributed by atoms with Gasteiger partial charge < -0.3 is 0 Å². The normalized spacial score (nSPS) is 10.0. The van der Waals surface area contributed by atoms with Crippen LogP contribution in [0.5, 0.6) is 0 Å². The molecule has 0 rings (SSSR count). The van der Waals surface area contributed by atoms with Crippen LogP contribution in [0.15, 0.2) is 0 Å². The minimum atomic E-state index is -1.27. The Hall–Kier alpha value is 1.28. The second kappa shape index (κ2) is 4.44. The first-order valence-electron chi connectivity index (χ1n) is 1.61. The van der Waals surface area contributed by atoms with E-state index in [-0.39, 0.29) is 0 Å². The van der Waals surface area contributed by atoms with Crippen molar-refractivity contribution in [3.63, 3.8) is 0 Å². The Morgan fingerprint density at radius 1 is 1.50 bits per heavy atom. The van der Waals surface area contributed by atoms with Gasteiger partial charge in [0.15, 0.2) is 0 Å². The Balaban J connectivity index is 2.63. The maximum Gasteiger partial charge on any atom is 0.237 e. The van der Waals surface area contributed by atoms with Crippen LogP contribution >= 0.6 is 38.1 Å². The van der Waals surface area contributed by atoms with Crippen molar-refractivity contribution < 1.29 is 0 Å². The summed E-state index contributed by atoms with van der Waals surface area (Å²) in [5.41, 5.74) is 0. The SMILES string of the molecule is Cl[SiH](Cl)CCBr. The molecule has 0 heterocycles. The van der Waals surface area contributed by atoms with Crippen molar-refractivity contribution in [1.29, 1.82) is 0 Å². The van der Waals surface area contributed by atoms with Gasteiger partial charge in [-0.1, -0.05) is 15.9 Å². The van der Waals surface area contributed by atoms with E-state index in [2.05, 4.69) is 15.9 Å². The van der Waals surface area contributed by atoms with Crippen molar-refractivity contribution in [2.75, 3.05) is 5.33 Å². The molecule has 0 unspecified atom stereocenters. The molecule has 0 aromatic carbocycles. The van der Waals surface area contributed by atoms with E-state index >= 15 is 0 Å². The van der Waals surface area contributed by atoms with Crippen molar-refractivity contribution >= 4 is 45.5 Å². The number of rotatable bonds is 2. The Morgan fingerprint density at radius 2 is 2.00 bits per heavy atom. The number of halogens is 3. The van der Waals surface area contributed by atoms with E-state index < -0.39 is 7.42 Å². The summed E-state index contributed by atoms with van der Waals surface area (Å²) in [5, 5.41) is 0.941. The first kappa shape index (κ1) is 7.28. The molecular weight excluding hydrogens is 203 g/mol. The third-order valence-electron chi connectivity index (χ3n) is 0.327. The topological polar surface area (TPSA) is 0 Å². The van der Waals surface area contributed by atoms with Crippen LogP contribution in [0.1, 0.15) is 0 Å². The largest absolute Gasteiger partial charge is 0.237 e. The predicted octanol–water partition coefficient (Wildman–Crippen LogP) is 2.08. The van der Waals surface area contributed by atoms with E-state index in [1.807, 2.05) is 0 Å². The molecule has 0 aromatic rings. The van der Waals surface area contributed by atoms with Gasteiger partial charge in [-0.15, -0.1) is 0 Å². The first-order chi connectivity index (χ1) is 2.77. The first-order valence-corrected chi connectivity index (χ1v) is 7.04. The molecule has 0 atom stereocenters. The van der Waals surface area contributed by atoms with Crippen LogP contribution in [0.2, 0.25) is 6.04 Å². The molecular formula is C2H5BrCl2Si. The fraction of sp³-hybridized carbons (Fsp3) is 1.00. The maximum atomic E-state index is 5.45. The van der Waals surface area contributed by atoms with Crippen LogP contribution in [0, 0.1) is 0 Å². The number of hydrogen-bond donors (Lipinski definition) is 0. The molecule has 0 fully saturated rings. The fourth-order valence-electron chi connectivity index (χ4n) is 0.0825. The monoisotopic (exact) mass is 206 g/mol. The van der Waals surface area contributed by atoms with Gasteiger partial charge >= 0.3 is 0 Å². The maximum absolute atomic E-state index is 5.45. The highest BCUT2D eigenvalue weighted by Gasteiger charge is 1.96. The van der Waals surface area contributed by atoms with Gasteiger partial charge in [-0.05, 0) is 6.04 Å². The fourth-order valence-corrected chi connectivity index (χ4v) is 3.86. The lowest BCUT2D eigenvalue weighted by molar-refractivity contribution is 1.52. The average molecular weight is 208 g/mol. The standard InChI is InChI=1S/C2H5BrCl2Si/c3-1-2-6(4)5/h6H,1-2H2. The average Bonchev–Trinajstić information content (AvgIpc) is 1.35. The number of alkyl halides is 1. The molecule has 0 radical (unpaired) electrons. The Kier molecular flexibility index (Phi) is 5.38. The highest BCUT2D eigenvalue weighted by atomic mass is 79.9. The lowest BCUT2D eigenvalue weighted by atomic mass is 11.0. The van der Waals surface area contributed by atoms with Crippen LogP contribution in [-0.2, 0) is 0 Å². The summed E-state index contributed by atoms with van der Waals surface area (Å²) in [7, 11) is -1.27. The van der Waals surface area contributed by atoms with Crippen LogP contribution in [0.25, 0.3) is 0 Å². The summed E-state index contributed by atoms with van der Waals surface area (Å²) in [5.74, 6) is 0. The molecule has 0 spiro atoms. The van der Waals surface area contributed by atoms with Crippen LogP contribution in [0.4, 0.5) is 0 Å². The summed E-state index contributed by atoms with van der Waals surface area (Å²) in [6, 6.07) is 0.961. The van der Waals surface area contributed by atoms with Gasteiger partial charge in [0.2, 0.25) is 7.42 Å². The smallest absolute Gasteiger partial charge is 0.150 e. The predicted molar refractivity (Wildman–Crippen MR) is 37.5 cm³/mol. The van der Waals surface area contributed by atoms with Crippen molar-refractivity contribution in [3.05, 3.63) is 0 Å². The third-order valence-corrected chi connectivity index (χ3v) is 3.66. The van der Waals surface area contributed by atoms with Gasteiger partial charge in [0.25, 0.3) is 0 Å². The summed E-state index contributed by atoms with van der Waals surface area (Å²) < 4.78 is 0. The highest BCUT2D eigenvalue weighted by molar-refractivity contribution is 9.09. The van der Waals surface area contributed by atoms with Crippen LogP contribution in [0.3, 0.4) is 0 Å². The minimum absolute atomic E-state index is 0.941. The van der Waals surface area contributed by atoms with Crippen molar-refractivity contribution in [2.45, 2.75) is 6.04 Å². The van der Waals surface area contributed by atoms with E-state index in [0.29, 0.717) is 0 Å². The summed E-state index contributed by atoms with van der Waals surface area (Å²) in [4.78, 5) is 0. The van der Waals surface area contributed by atoms with Crippen LogP contribution < -0.4 is 0 Å². The minimum Gasteiger partial charge on any atom is -0.150 e. The Labute approximate surface area is 57.0 Å². The molecule has 0 aliphatic rings. The number of hydrogen-bond acceptors (Lipinski definition) is 0. The van der Waals surface area contributed by atoms with Crippen molar-refractivity contribution in [2.24, 2.45) is 0 Å². The molecule has 4 heteroatoms. The zero-order valence-electron chi connectivity index (χ0n) is 3.13. The van der Waals surface area contributed by atoms with Gasteiger partial charge in [0, 0.05) is 5.33 Å². The van der Waals surface area contributed by atoms with E-state index in [1.165, 1.54) is 0 Å². The second-order valence-corrected chi connectivity index (χ2v) is 6.85. The molecule has 0 saturated carbocycles. The molecule has 0 aliphatic heterocycles. The van der Waals surface area contributed by atoms with E-state index in [4.69, 9.17) is 22.2 Å². The third kappa shape index (κ3) is 5.28. The molecule has 0 aromatic heterocycles. The molecule has 6 heavy (non-hydrogen) atoms. The summed E-state index contributed by atoms with van der Waals surface area (Å²) in [6.45, 7) is 0. The summed E-state index contributed by atoms with van der Waals surface area (Å²) in [6.07, 6.45) is 0. The van der Waals surface area contributed by atoms with Crippen LogP contribution in [-0.4, -0.2) is 12.7 Å². The van der Waals surface area contributed by atoms with E-state index in [0.717, 1.165) is 11.4 Å². The van der Waals surface area contributed by atoms with Crippen molar-refractivity contribution in [3.8, 4) is 0 Å². The summed E-state index contributed by atoms with van der Waals surface area (Å²) >= 11 is 14.1. The zero-order chi connectivity index (χ0) is 4.99. The Morgan fingerprint density at radius 3 is 2.00 bits per heavy atom. The Bertz CT molecular complexity index is 32.7. The van der Waals surface area contributed by atoms with E-state index in [9.17, 15) is 0 Å². The molecule has 0 nitrogen and oxygen atoms in total. The molecule has 0 aliphatic carbocycles. The van der Waals surface area contributed by atoms with Gasteiger partial charge in [0.1, 0.15) is 0 Å². The quantitative estimate of drug-likeness (QED) is 0.370. The van der Waals surface area contributed by atoms with Gasteiger partial charge in [0.05, 0.1) is 0 Å². The van der Waals surface area contributed by atoms with Gasteiger partial charge in [-0.2, -0.15) is 22.2 Å². The van der Waals surface area contributed by atoms with Gasteiger partial charge in [-0.3, -0.25) is 0 Å². The van der Waals surface area contributed by atoms with Gasteiger partial charge in [-0.25, -0.2) is 0 Å². The molecule has 0 amide bonds. The molecule has 0 N–H and O–H groups in total. The molecule has 0 saturated heterocycles. The lowest BCUT2D eigenvalue weighted by Gasteiger charge is -1.86. The lowest BCUT2D eigenvalue weighted by Crippen LogP contribution is -1.89. The highest BCUT2D eigenvalue weighted by Crippen LogP contribution is 2.03.